The number of amides is 3. The molecule has 3 amide bonds. The van der Waals surface area contributed by atoms with E-state index in [1.807, 2.05) is 23.1 Å². The summed E-state index contributed by atoms with van der Waals surface area (Å²) < 4.78 is 30.4. The lowest BCUT2D eigenvalue weighted by Gasteiger charge is -2.37. The first-order valence-corrected chi connectivity index (χ1v) is 19.5. The Labute approximate surface area is 306 Å². The summed E-state index contributed by atoms with van der Waals surface area (Å²) in [4.78, 5) is 58.6. The Balaban J connectivity index is 1.10. The Kier molecular flexibility index (Phi) is 12.4. The molecule has 286 valence electrons. The minimum absolute atomic E-state index is 0.00111. The molecule has 52 heavy (non-hydrogen) atoms. The number of likely N-dealkylation sites (tertiary alicyclic amines) is 1. The lowest BCUT2D eigenvalue weighted by atomic mass is 9.76. The molecule has 3 N–H and O–H groups in total. The number of ether oxygens (including phenoxy) is 3. The van der Waals surface area contributed by atoms with Crippen molar-refractivity contribution in [2.45, 2.75) is 116 Å². The lowest BCUT2D eigenvalue weighted by molar-refractivity contribution is -0.142. The van der Waals surface area contributed by atoms with Gasteiger partial charge in [-0.15, -0.1) is 0 Å². The zero-order valence-electron chi connectivity index (χ0n) is 31.1. The molecule has 11 nitrogen and oxygen atoms in total. The van der Waals surface area contributed by atoms with Crippen molar-refractivity contribution >= 4 is 40.5 Å². The number of anilines is 1. The van der Waals surface area contributed by atoms with E-state index in [0.717, 1.165) is 55.8 Å². The van der Waals surface area contributed by atoms with Gasteiger partial charge in [-0.3, -0.25) is 9.59 Å². The number of aromatic nitrogens is 1. The fourth-order valence-corrected chi connectivity index (χ4v) is 8.92. The van der Waals surface area contributed by atoms with Crippen LogP contribution in [0, 0.1) is 29.6 Å². The molecule has 4 fully saturated rings. The minimum atomic E-state index is -0.698. The predicted molar refractivity (Wildman–Crippen MR) is 196 cm³/mol. The summed E-state index contributed by atoms with van der Waals surface area (Å²) in [7, 11) is 0. The van der Waals surface area contributed by atoms with Crippen molar-refractivity contribution in [2.24, 2.45) is 29.6 Å². The third kappa shape index (κ3) is 9.46. The molecule has 1 aromatic carbocycles. The Hall–Kier alpha value is -3.67. The number of fused-ring (bicyclic) bond motifs is 1. The number of hydrogen-bond acceptors (Lipinski definition) is 7. The van der Waals surface area contributed by atoms with E-state index in [-0.39, 0.29) is 29.6 Å². The summed E-state index contributed by atoms with van der Waals surface area (Å²) >= 11 is 0. The predicted octanol–water partition coefficient (Wildman–Crippen LogP) is 7.16. The molecule has 2 saturated carbocycles. The number of nitrogens with one attached hydrogen (secondary N) is 3. The second-order valence-electron chi connectivity index (χ2n) is 16.5. The molecule has 2 aliphatic carbocycles. The fourth-order valence-electron chi connectivity index (χ4n) is 8.92. The maximum Gasteiger partial charge on any atom is 0.407 e. The Morgan fingerprint density at radius 2 is 1.69 bits per heavy atom. The van der Waals surface area contributed by atoms with Crippen LogP contribution in [0.3, 0.4) is 0 Å². The highest BCUT2D eigenvalue weighted by atomic mass is 19.1. The fraction of sp³-hybridized carbons (Fsp3) is 0.700. The monoisotopic (exact) mass is 724 g/mol. The maximum atomic E-state index is 14.2. The Morgan fingerprint density at radius 1 is 0.962 bits per heavy atom. The highest BCUT2D eigenvalue weighted by molar-refractivity contribution is 6.01. The number of alkyl halides is 1. The molecule has 3 atom stereocenters. The van der Waals surface area contributed by atoms with Crippen LogP contribution in [0.1, 0.15) is 108 Å². The molecule has 3 heterocycles. The van der Waals surface area contributed by atoms with Crippen LogP contribution < -0.4 is 10.6 Å². The van der Waals surface area contributed by atoms with Gasteiger partial charge in [-0.25, -0.2) is 14.0 Å². The van der Waals surface area contributed by atoms with Gasteiger partial charge in [-0.2, -0.15) is 0 Å². The van der Waals surface area contributed by atoms with Crippen molar-refractivity contribution in [1.29, 1.82) is 0 Å². The molecule has 12 heteroatoms. The molecule has 2 aliphatic heterocycles. The standard InChI is InChI=1S/C40H57FN4O7/c1-40(2,3)52-39(49)44-34(23-41)27-9-11-28(12-10-27)37(47)45-18-15-31(26-7-5-4-6-8-26)35(45)36(46)42-30-13-14-32-29(21-30)22-33(43-32)38(48)51-24-25-16-19-50-20-17-25/h13-14,21-22,25-28,31,34-35,43H,4-12,15-20,23-24H2,1-3H3,(H,42,46)(H,44,49)/t27?,28?,31-,34+,35+/m0/s1. The van der Waals surface area contributed by atoms with Gasteiger partial charge in [0.05, 0.1) is 12.6 Å². The van der Waals surface area contributed by atoms with E-state index in [2.05, 4.69) is 15.6 Å². The Bertz CT molecular complexity index is 1550. The van der Waals surface area contributed by atoms with E-state index in [1.165, 1.54) is 6.42 Å². The number of carbonyl (C=O) groups is 4. The van der Waals surface area contributed by atoms with Crippen molar-refractivity contribution < 1.29 is 37.8 Å². The number of carbonyl (C=O) groups excluding carboxylic acids is 4. The molecule has 0 radical (unpaired) electrons. The summed E-state index contributed by atoms with van der Waals surface area (Å²) in [6, 6.07) is 6.03. The van der Waals surface area contributed by atoms with Gasteiger partial charge in [0.15, 0.2) is 0 Å². The van der Waals surface area contributed by atoms with Crippen LogP contribution in [-0.4, -0.2) is 84.5 Å². The summed E-state index contributed by atoms with van der Waals surface area (Å²) in [5, 5.41) is 6.62. The molecular formula is C40H57FN4O7. The number of H-pyrrole nitrogens is 1. The summed E-state index contributed by atoms with van der Waals surface area (Å²) in [5.41, 5.74) is 1.06. The molecule has 2 saturated heterocycles. The quantitative estimate of drug-likeness (QED) is 0.221. The minimum Gasteiger partial charge on any atom is -0.461 e. The van der Waals surface area contributed by atoms with Crippen LogP contribution in [0.5, 0.6) is 0 Å². The smallest absolute Gasteiger partial charge is 0.407 e. The molecule has 6 rings (SSSR count). The van der Waals surface area contributed by atoms with Gasteiger partial charge in [-0.05, 0) is 114 Å². The molecule has 2 aromatic rings. The summed E-state index contributed by atoms with van der Waals surface area (Å²) in [6.07, 6.45) is 9.94. The van der Waals surface area contributed by atoms with E-state index in [4.69, 9.17) is 14.2 Å². The zero-order valence-corrected chi connectivity index (χ0v) is 31.1. The molecular weight excluding hydrogens is 667 g/mol. The number of halogens is 1. The SMILES string of the molecule is CC(C)(C)OC(=O)N[C@H](CF)C1CCC(C(=O)N2CC[C@@H](C3CCCCC3)[C@@H]2C(=O)Nc2ccc3[nH]c(C(=O)OCC4CCOCC4)cc3c2)CC1. The third-order valence-corrected chi connectivity index (χ3v) is 11.7. The number of alkyl carbamates (subject to hydrolysis) is 1. The van der Waals surface area contributed by atoms with Crippen molar-refractivity contribution in [3.8, 4) is 0 Å². The molecule has 1 aromatic heterocycles. The first kappa shape index (κ1) is 38.1. The van der Waals surface area contributed by atoms with Crippen LogP contribution in [0.15, 0.2) is 24.3 Å². The second-order valence-corrected chi connectivity index (χ2v) is 16.5. The van der Waals surface area contributed by atoms with Crippen molar-refractivity contribution in [3.05, 3.63) is 30.0 Å². The van der Waals surface area contributed by atoms with E-state index < -0.39 is 36.4 Å². The number of benzene rings is 1. The highest BCUT2D eigenvalue weighted by Crippen LogP contribution is 2.41. The van der Waals surface area contributed by atoms with Gasteiger partial charge in [0.1, 0.15) is 24.0 Å². The zero-order chi connectivity index (χ0) is 36.8. The number of nitrogens with zero attached hydrogens (tertiary/aromatic N) is 1. The average molecular weight is 725 g/mol. The van der Waals surface area contributed by atoms with Gasteiger partial charge in [0.2, 0.25) is 11.8 Å². The van der Waals surface area contributed by atoms with Crippen LogP contribution in [0.2, 0.25) is 0 Å². The molecule has 0 spiro atoms. The van der Waals surface area contributed by atoms with Crippen molar-refractivity contribution in [1.82, 2.24) is 15.2 Å². The van der Waals surface area contributed by atoms with Crippen molar-refractivity contribution in [2.75, 3.05) is 38.4 Å². The van der Waals surface area contributed by atoms with Crippen LogP contribution in [-0.2, 0) is 23.8 Å². The van der Waals surface area contributed by atoms with Crippen LogP contribution in [0.25, 0.3) is 10.9 Å². The van der Waals surface area contributed by atoms with Gasteiger partial charge >= 0.3 is 12.1 Å². The lowest BCUT2D eigenvalue weighted by Crippen LogP contribution is -2.50. The van der Waals surface area contributed by atoms with Gasteiger partial charge < -0.3 is 34.7 Å². The normalized spacial score (nSPS) is 25.4. The van der Waals surface area contributed by atoms with E-state index in [9.17, 15) is 23.6 Å². The third-order valence-electron chi connectivity index (χ3n) is 11.7. The van der Waals surface area contributed by atoms with Crippen LogP contribution >= 0.6 is 0 Å². The van der Waals surface area contributed by atoms with E-state index >= 15 is 0 Å². The number of aromatic amines is 1. The number of hydrogen-bond donors (Lipinski definition) is 3. The topological polar surface area (TPSA) is 139 Å². The maximum absolute atomic E-state index is 14.2. The Morgan fingerprint density at radius 3 is 2.38 bits per heavy atom. The average Bonchev–Trinajstić information content (AvgIpc) is 3.78. The second kappa shape index (κ2) is 17.0. The summed E-state index contributed by atoms with van der Waals surface area (Å²) in [5.74, 6) is -0.144. The van der Waals surface area contributed by atoms with Crippen molar-refractivity contribution in [3.63, 3.8) is 0 Å². The first-order chi connectivity index (χ1) is 25.0. The highest BCUT2D eigenvalue weighted by Gasteiger charge is 2.47. The van der Waals surface area contributed by atoms with Gasteiger partial charge in [0, 0.05) is 42.3 Å². The molecule has 0 unspecified atom stereocenters. The first-order valence-electron chi connectivity index (χ1n) is 19.5. The van der Waals surface area contributed by atoms with E-state index in [0.29, 0.717) is 75.3 Å². The van der Waals surface area contributed by atoms with Crippen LogP contribution in [0.4, 0.5) is 14.9 Å². The van der Waals surface area contributed by atoms with Gasteiger partial charge in [0.25, 0.3) is 0 Å². The molecule has 4 aliphatic rings. The summed E-state index contributed by atoms with van der Waals surface area (Å²) in [6.45, 7) is 6.90. The number of rotatable bonds is 10. The van der Waals surface area contributed by atoms with E-state index in [1.54, 1.807) is 26.8 Å². The van der Waals surface area contributed by atoms with Gasteiger partial charge in [-0.1, -0.05) is 32.1 Å². The number of esters is 1. The largest absolute Gasteiger partial charge is 0.461 e. The molecule has 0 bridgehead atoms.